The minimum absolute atomic E-state index is 0.0283. The molecule has 0 bridgehead atoms. The second-order valence-corrected chi connectivity index (χ2v) is 7.04. The maximum absolute atomic E-state index is 12.2. The second-order valence-electron chi connectivity index (χ2n) is 6.16. The molecule has 1 amide bonds. The standard InChI is InChI=1S/C17H26N2OS/c1-13(14-6-8-15(21-2)9-7-14)19-16(20)12-17(18)10-4-3-5-11-17/h6-9,13H,3-5,10-12,18H2,1-2H3,(H,19,20). The molecule has 0 spiro atoms. The highest BCUT2D eigenvalue weighted by Crippen LogP contribution is 2.29. The van der Waals surface area contributed by atoms with Crippen molar-refractivity contribution in [2.45, 2.75) is 61.9 Å². The minimum Gasteiger partial charge on any atom is -0.350 e. The molecule has 0 radical (unpaired) electrons. The molecular weight excluding hydrogens is 280 g/mol. The Morgan fingerprint density at radius 2 is 1.90 bits per heavy atom. The fourth-order valence-electron chi connectivity index (χ4n) is 3.02. The molecule has 1 aliphatic carbocycles. The van der Waals surface area contributed by atoms with Gasteiger partial charge in [-0.25, -0.2) is 0 Å². The van der Waals surface area contributed by atoms with Crippen molar-refractivity contribution in [1.82, 2.24) is 5.32 Å². The summed E-state index contributed by atoms with van der Waals surface area (Å²) in [5.41, 5.74) is 7.20. The Hall–Kier alpha value is -1.00. The van der Waals surface area contributed by atoms with Gasteiger partial charge in [0.2, 0.25) is 5.91 Å². The van der Waals surface area contributed by atoms with E-state index in [9.17, 15) is 4.79 Å². The van der Waals surface area contributed by atoms with Gasteiger partial charge in [0.05, 0.1) is 6.04 Å². The summed E-state index contributed by atoms with van der Waals surface area (Å²) >= 11 is 1.72. The molecule has 21 heavy (non-hydrogen) atoms. The fourth-order valence-corrected chi connectivity index (χ4v) is 3.43. The van der Waals surface area contributed by atoms with Crippen molar-refractivity contribution in [2.24, 2.45) is 5.73 Å². The number of nitrogens with one attached hydrogen (secondary N) is 1. The number of carbonyl (C=O) groups is 1. The number of nitrogens with two attached hydrogens (primary N) is 1. The predicted molar refractivity (Wildman–Crippen MR) is 89.4 cm³/mol. The first-order chi connectivity index (χ1) is 10.0. The molecule has 1 aromatic carbocycles. The van der Waals surface area contributed by atoms with Crippen LogP contribution in [0.1, 0.15) is 57.1 Å². The topological polar surface area (TPSA) is 55.1 Å². The lowest BCUT2D eigenvalue weighted by molar-refractivity contribution is -0.123. The SMILES string of the molecule is CSc1ccc(C(C)NC(=O)CC2(N)CCCCC2)cc1. The first-order valence-electron chi connectivity index (χ1n) is 7.75. The van der Waals surface area contributed by atoms with Crippen LogP contribution in [0.4, 0.5) is 0 Å². The summed E-state index contributed by atoms with van der Waals surface area (Å²) in [5.74, 6) is 0.0702. The molecule has 0 heterocycles. The molecule has 1 unspecified atom stereocenters. The van der Waals surface area contributed by atoms with Crippen LogP contribution >= 0.6 is 11.8 Å². The summed E-state index contributed by atoms with van der Waals surface area (Å²) in [4.78, 5) is 13.5. The number of benzene rings is 1. The zero-order valence-corrected chi connectivity index (χ0v) is 13.8. The Kier molecular flexibility index (Phi) is 5.71. The third kappa shape index (κ3) is 4.75. The molecule has 2 rings (SSSR count). The number of rotatable bonds is 5. The predicted octanol–water partition coefficient (Wildman–Crippen LogP) is 3.64. The Morgan fingerprint density at radius 1 is 1.29 bits per heavy atom. The molecule has 0 saturated heterocycles. The molecule has 0 aromatic heterocycles. The van der Waals surface area contributed by atoms with E-state index in [-0.39, 0.29) is 17.5 Å². The maximum Gasteiger partial charge on any atom is 0.222 e. The summed E-state index contributed by atoms with van der Waals surface area (Å²) in [7, 11) is 0. The third-order valence-electron chi connectivity index (χ3n) is 4.36. The summed E-state index contributed by atoms with van der Waals surface area (Å²) in [6.07, 6.45) is 7.99. The number of carbonyl (C=O) groups excluding carboxylic acids is 1. The van der Waals surface area contributed by atoms with E-state index in [0.29, 0.717) is 6.42 Å². The van der Waals surface area contributed by atoms with Crippen LogP contribution in [-0.4, -0.2) is 17.7 Å². The molecule has 116 valence electrons. The van der Waals surface area contributed by atoms with Gasteiger partial charge in [0.15, 0.2) is 0 Å². The van der Waals surface area contributed by atoms with E-state index in [1.807, 2.05) is 6.92 Å². The van der Waals surface area contributed by atoms with Crippen LogP contribution in [0.25, 0.3) is 0 Å². The quantitative estimate of drug-likeness (QED) is 0.817. The number of hydrogen-bond acceptors (Lipinski definition) is 3. The first-order valence-corrected chi connectivity index (χ1v) is 8.97. The molecule has 1 aromatic rings. The number of hydrogen-bond donors (Lipinski definition) is 2. The van der Waals surface area contributed by atoms with Gasteiger partial charge in [-0.3, -0.25) is 4.79 Å². The molecule has 3 N–H and O–H groups in total. The minimum atomic E-state index is -0.287. The van der Waals surface area contributed by atoms with Gasteiger partial charge in [0.1, 0.15) is 0 Å². The van der Waals surface area contributed by atoms with Gasteiger partial charge in [-0.1, -0.05) is 31.4 Å². The molecular formula is C17H26N2OS. The maximum atomic E-state index is 12.2. The molecule has 1 saturated carbocycles. The monoisotopic (exact) mass is 306 g/mol. The summed E-state index contributed by atoms with van der Waals surface area (Å²) < 4.78 is 0. The Labute approximate surface area is 132 Å². The van der Waals surface area contributed by atoms with Crippen molar-refractivity contribution in [3.05, 3.63) is 29.8 Å². The molecule has 1 atom stereocenters. The van der Waals surface area contributed by atoms with Crippen molar-refractivity contribution >= 4 is 17.7 Å². The highest BCUT2D eigenvalue weighted by atomic mass is 32.2. The fraction of sp³-hybridized carbons (Fsp3) is 0.588. The summed E-state index contributed by atoms with van der Waals surface area (Å²) in [5, 5.41) is 3.08. The number of amides is 1. The van der Waals surface area contributed by atoms with Crippen molar-refractivity contribution < 1.29 is 4.79 Å². The van der Waals surface area contributed by atoms with Gasteiger partial charge >= 0.3 is 0 Å². The van der Waals surface area contributed by atoms with Crippen LogP contribution in [0.15, 0.2) is 29.2 Å². The average molecular weight is 306 g/mol. The van der Waals surface area contributed by atoms with Gasteiger partial charge in [-0.15, -0.1) is 11.8 Å². The van der Waals surface area contributed by atoms with Crippen molar-refractivity contribution in [2.75, 3.05) is 6.26 Å². The van der Waals surface area contributed by atoms with Gasteiger partial charge in [0, 0.05) is 16.9 Å². The molecule has 1 aliphatic rings. The van der Waals surface area contributed by atoms with Crippen molar-refractivity contribution in [3.63, 3.8) is 0 Å². The highest BCUT2D eigenvalue weighted by molar-refractivity contribution is 7.98. The second kappa shape index (κ2) is 7.32. The smallest absolute Gasteiger partial charge is 0.222 e. The Balaban J connectivity index is 1.88. The van der Waals surface area contributed by atoms with E-state index in [2.05, 4.69) is 35.8 Å². The van der Waals surface area contributed by atoms with Crippen LogP contribution in [0.5, 0.6) is 0 Å². The van der Waals surface area contributed by atoms with Crippen LogP contribution in [0, 0.1) is 0 Å². The van der Waals surface area contributed by atoms with E-state index in [1.54, 1.807) is 11.8 Å². The van der Waals surface area contributed by atoms with Crippen LogP contribution < -0.4 is 11.1 Å². The van der Waals surface area contributed by atoms with E-state index in [0.717, 1.165) is 31.2 Å². The summed E-state index contributed by atoms with van der Waals surface area (Å²) in [6, 6.07) is 8.37. The lowest BCUT2D eigenvalue weighted by Crippen LogP contribution is -2.46. The molecule has 4 heteroatoms. The molecule has 3 nitrogen and oxygen atoms in total. The van der Waals surface area contributed by atoms with Crippen LogP contribution in [0.3, 0.4) is 0 Å². The number of thioether (sulfide) groups is 1. The third-order valence-corrected chi connectivity index (χ3v) is 5.10. The largest absolute Gasteiger partial charge is 0.350 e. The molecule has 0 aliphatic heterocycles. The van der Waals surface area contributed by atoms with E-state index in [1.165, 1.54) is 11.3 Å². The van der Waals surface area contributed by atoms with Crippen LogP contribution in [-0.2, 0) is 4.79 Å². The Morgan fingerprint density at radius 3 is 2.48 bits per heavy atom. The van der Waals surface area contributed by atoms with Crippen molar-refractivity contribution in [1.29, 1.82) is 0 Å². The molecule has 1 fully saturated rings. The lowest BCUT2D eigenvalue weighted by Gasteiger charge is -2.33. The zero-order valence-electron chi connectivity index (χ0n) is 13.0. The van der Waals surface area contributed by atoms with E-state index < -0.39 is 0 Å². The normalized spacial score (nSPS) is 19.0. The van der Waals surface area contributed by atoms with Gasteiger partial charge in [-0.05, 0) is 43.7 Å². The Bertz CT molecular complexity index is 466. The lowest BCUT2D eigenvalue weighted by atomic mass is 9.80. The van der Waals surface area contributed by atoms with E-state index >= 15 is 0 Å². The summed E-state index contributed by atoms with van der Waals surface area (Å²) in [6.45, 7) is 2.02. The first kappa shape index (κ1) is 16.4. The van der Waals surface area contributed by atoms with Gasteiger partial charge in [-0.2, -0.15) is 0 Å². The van der Waals surface area contributed by atoms with Crippen molar-refractivity contribution in [3.8, 4) is 0 Å². The zero-order chi connectivity index (χ0) is 15.3. The highest BCUT2D eigenvalue weighted by Gasteiger charge is 2.30. The van der Waals surface area contributed by atoms with E-state index in [4.69, 9.17) is 5.73 Å². The average Bonchev–Trinajstić information content (AvgIpc) is 2.47. The van der Waals surface area contributed by atoms with Crippen LogP contribution in [0.2, 0.25) is 0 Å². The van der Waals surface area contributed by atoms with Gasteiger partial charge < -0.3 is 11.1 Å². The van der Waals surface area contributed by atoms with Gasteiger partial charge in [0.25, 0.3) is 0 Å².